The molecule has 2 fully saturated rings. The highest BCUT2D eigenvalue weighted by atomic mass is 19.2. The van der Waals surface area contributed by atoms with E-state index in [1.165, 1.54) is 10.9 Å². The van der Waals surface area contributed by atoms with Gasteiger partial charge in [-0.15, -0.1) is 5.10 Å². The number of carbonyl (C=O) groups excluding carboxylic acids is 1. The van der Waals surface area contributed by atoms with Crippen molar-refractivity contribution in [2.24, 2.45) is 5.84 Å². The zero-order valence-electron chi connectivity index (χ0n) is 17.6. The van der Waals surface area contributed by atoms with Gasteiger partial charge in [0.05, 0.1) is 18.8 Å². The number of benzene rings is 2. The molecule has 0 radical (unpaired) electrons. The maximum absolute atomic E-state index is 13.7. The highest BCUT2D eigenvalue weighted by Gasteiger charge is 2.47. The van der Waals surface area contributed by atoms with Crippen molar-refractivity contribution < 1.29 is 32.2 Å². The Morgan fingerprint density at radius 1 is 1.12 bits per heavy atom. The van der Waals surface area contributed by atoms with Crippen molar-refractivity contribution in [2.45, 2.75) is 37.1 Å². The Morgan fingerprint density at radius 2 is 1.85 bits per heavy atom. The van der Waals surface area contributed by atoms with E-state index in [4.69, 9.17) is 20.1 Å². The number of halogens is 3. The zero-order valence-corrected chi connectivity index (χ0v) is 17.6. The molecule has 1 amide bonds. The van der Waals surface area contributed by atoms with Crippen molar-refractivity contribution >= 4 is 5.91 Å². The van der Waals surface area contributed by atoms with Crippen LogP contribution in [0.15, 0.2) is 48.7 Å². The van der Waals surface area contributed by atoms with Crippen LogP contribution in [0.5, 0.6) is 0 Å². The van der Waals surface area contributed by atoms with Crippen LogP contribution < -0.4 is 11.3 Å². The van der Waals surface area contributed by atoms with Crippen molar-refractivity contribution in [2.75, 3.05) is 6.61 Å². The fourth-order valence-corrected chi connectivity index (χ4v) is 4.20. The number of aromatic nitrogens is 3. The molecule has 2 aromatic carbocycles. The number of fused-ring (bicyclic) bond motifs is 1. The number of nitrogens with one attached hydrogen (secondary N) is 1. The van der Waals surface area contributed by atoms with Crippen LogP contribution in [-0.4, -0.2) is 45.8 Å². The van der Waals surface area contributed by atoms with Crippen LogP contribution in [0.2, 0.25) is 0 Å². The first-order valence-electron chi connectivity index (χ1n) is 10.5. The molecule has 12 heteroatoms. The van der Waals surface area contributed by atoms with E-state index in [0.717, 1.165) is 17.7 Å². The molecule has 1 unspecified atom stereocenters. The summed E-state index contributed by atoms with van der Waals surface area (Å²) in [4.78, 5) is 12.2. The molecule has 0 aliphatic carbocycles. The van der Waals surface area contributed by atoms with E-state index in [-0.39, 0.29) is 24.3 Å². The van der Waals surface area contributed by atoms with Gasteiger partial charge in [-0.05, 0) is 12.1 Å². The highest BCUT2D eigenvalue weighted by Crippen LogP contribution is 2.39. The summed E-state index contributed by atoms with van der Waals surface area (Å²) < 4.78 is 60.1. The van der Waals surface area contributed by atoms with E-state index in [0.29, 0.717) is 0 Å². The van der Waals surface area contributed by atoms with Crippen molar-refractivity contribution in [3.8, 4) is 11.3 Å². The van der Waals surface area contributed by atoms with E-state index in [2.05, 4.69) is 15.7 Å². The van der Waals surface area contributed by atoms with Crippen LogP contribution >= 0.6 is 0 Å². The smallest absolute Gasteiger partial charge is 0.263 e. The first-order valence-corrected chi connectivity index (χ1v) is 10.5. The van der Waals surface area contributed by atoms with Gasteiger partial charge in [0.2, 0.25) is 0 Å². The molecule has 0 bridgehead atoms. The molecule has 34 heavy (non-hydrogen) atoms. The summed E-state index contributed by atoms with van der Waals surface area (Å²) >= 11 is 0. The van der Waals surface area contributed by atoms with Gasteiger partial charge in [-0.2, -0.15) is 0 Å². The number of hydrazine groups is 1. The molecule has 2 aliphatic rings. The molecular weight excluding hydrogens is 455 g/mol. The maximum atomic E-state index is 13.7. The number of rotatable bonds is 4. The predicted octanol–water partition coefficient (Wildman–Crippen LogP) is 2.17. The lowest BCUT2D eigenvalue weighted by Gasteiger charge is -2.45. The number of ether oxygens (including phenoxy) is 3. The van der Waals surface area contributed by atoms with Crippen LogP contribution in [0.3, 0.4) is 0 Å². The van der Waals surface area contributed by atoms with Gasteiger partial charge < -0.3 is 14.2 Å². The third kappa shape index (κ3) is 4.16. The first-order chi connectivity index (χ1) is 16.4. The first kappa shape index (κ1) is 22.5. The largest absolute Gasteiger partial charge is 0.360 e. The van der Waals surface area contributed by atoms with Gasteiger partial charge in [0, 0.05) is 17.5 Å². The molecule has 0 spiro atoms. The Hall–Kier alpha value is -3.32. The van der Waals surface area contributed by atoms with E-state index in [9.17, 15) is 18.0 Å². The summed E-state index contributed by atoms with van der Waals surface area (Å²) in [5.41, 5.74) is 3.01. The predicted molar refractivity (Wildman–Crippen MR) is 110 cm³/mol. The van der Waals surface area contributed by atoms with Crippen molar-refractivity contribution in [3.05, 3.63) is 71.7 Å². The molecule has 5 atom stereocenters. The average Bonchev–Trinajstić information content (AvgIpc) is 3.36. The Kier molecular flexibility index (Phi) is 6.04. The maximum Gasteiger partial charge on any atom is 0.263 e. The lowest BCUT2D eigenvalue weighted by molar-refractivity contribution is -0.297. The molecule has 3 heterocycles. The molecule has 1 aromatic heterocycles. The normalized spacial score (nSPS) is 26.6. The number of nitrogens with two attached hydrogens (primary N) is 1. The quantitative estimate of drug-likeness (QED) is 0.257. The van der Waals surface area contributed by atoms with Gasteiger partial charge in [-0.1, -0.05) is 35.5 Å². The fourth-order valence-electron chi connectivity index (χ4n) is 4.20. The molecule has 178 valence electrons. The van der Waals surface area contributed by atoms with Gasteiger partial charge in [0.25, 0.3) is 5.91 Å². The van der Waals surface area contributed by atoms with Gasteiger partial charge in [0.15, 0.2) is 23.7 Å². The Balaban J connectivity index is 1.46. The Morgan fingerprint density at radius 3 is 2.56 bits per heavy atom. The van der Waals surface area contributed by atoms with Crippen LogP contribution in [0.25, 0.3) is 11.3 Å². The van der Waals surface area contributed by atoms with Crippen molar-refractivity contribution in [3.63, 3.8) is 0 Å². The van der Waals surface area contributed by atoms with Crippen LogP contribution in [0.1, 0.15) is 24.3 Å². The topological polar surface area (TPSA) is 114 Å². The van der Waals surface area contributed by atoms with Crippen molar-refractivity contribution in [1.82, 2.24) is 20.4 Å². The van der Waals surface area contributed by atoms with Gasteiger partial charge in [-0.25, -0.2) is 23.7 Å². The highest BCUT2D eigenvalue weighted by molar-refractivity contribution is 5.80. The summed E-state index contributed by atoms with van der Waals surface area (Å²) in [6.07, 6.45) is -1.19. The molecule has 3 N–H and O–H groups in total. The van der Waals surface area contributed by atoms with Gasteiger partial charge in [0.1, 0.15) is 24.0 Å². The van der Waals surface area contributed by atoms with Gasteiger partial charge >= 0.3 is 0 Å². The minimum Gasteiger partial charge on any atom is -0.360 e. The molecule has 3 aromatic rings. The summed E-state index contributed by atoms with van der Waals surface area (Å²) in [6.45, 7) is 0.144. The minimum atomic E-state index is -1.57. The Labute approximate surface area is 191 Å². The number of carbonyl (C=O) groups is 1. The summed E-state index contributed by atoms with van der Waals surface area (Å²) in [5.74, 6) is 0.518. The second kappa shape index (κ2) is 9.14. The zero-order chi connectivity index (χ0) is 23.8. The number of nitrogens with zero attached hydrogens (tertiary/aromatic N) is 3. The Bertz CT molecular complexity index is 1170. The summed E-state index contributed by atoms with van der Waals surface area (Å²) in [7, 11) is 0. The molecule has 2 saturated heterocycles. The van der Waals surface area contributed by atoms with Crippen LogP contribution in [-0.2, 0) is 19.0 Å². The molecule has 0 saturated carbocycles. The molecular formula is C22H20F3N5O4. The lowest BCUT2D eigenvalue weighted by Crippen LogP contribution is -2.56. The molecule has 9 nitrogen and oxygen atoms in total. The van der Waals surface area contributed by atoms with E-state index in [1.807, 2.05) is 30.3 Å². The van der Waals surface area contributed by atoms with Crippen LogP contribution in [0, 0.1) is 17.5 Å². The van der Waals surface area contributed by atoms with Crippen molar-refractivity contribution in [1.29, 1.82) is 0 Å². The molecule has 2 aliphatic heterocycles. The monoisotopic (exact) mass is 475 g/mol. The number of hydrogen-bond acceptors (Lipinski definition) is 7. The number of hydrogen-bond donors (Lipinski definition) is 2. The summed E-state index contributed by atoms with van der Waals surface area (Å²) in [5, 5.41) is 8.08. The third-order valence-corrected chi connectivity index (χ3v) is 5.87. The standard InChI is InChI=1S/C22H20F3N5O4/c23-13-6-12(7-14(24)19(13)25)15-9-30(29-28-15)16-8-17(21(31)27-26)33-18-10-32-22(34-20(16)18)11-4-2-1-3-5-11/h1-7,9,16-18,20,22H,8,10,26H2,(H,27,31)/t16-,17-,18-,20-,22?/m1/s1. The van der Waals surface area contributed by atoms with Gasteiger partial charge in [-0.3, -0.25) is 10.2 Å². The lowest BCUT2D eigenvalue weighted by atomic mass is 9.94. The third-order valence-electron chi connectivity index (χ3n) is 5.87. The summed E-state index contributed by atoms with van der Waals surface area (Å²) in [6, 6.07) is 10.4. The SMILES string of the molecule is NNC(=O)[C@H]1C[C@@H](n2cc(-c3cc(F)c(F)c(F)c3)nn2)[C@H]2OC(c3ccccc3)OC[C@H]2O1. The second-order valence-corrected chi connectivity index (χ2v) is 7.99. The van der Waals surface area contributed by atoms with E-state index < -0.39 is 54.0 Å². The minimum absolute atomic E-state index is 0.0116. The fraction of sp³-hybridized carbons (Fsp3) is 0.318. The van der Waals surface area contributed by atoms with E-state index in [1.54, 1.807) is 0 Å². The van der Waals surface area contributed by atoms with E-state index >= 15 is 0 Å². The van der Waals surface area contributed by atoms with Crippen LogP contribution in [0.4, 0.5) is 13.2 Å². The average molecular weight is 475 g/mol. The number of amides is 1. The molecule has 5 rings (SSSR count). The second-order valence-electron chi connectivity index (χ2n) is 7.99.